The summed E-state index contributed by atoms with van der Waals surface area (Å²) in [6, 6.07) is 22.5. The molecule has 1 aliphatic heterocycles. The maximum atomic E-state index is 13.3. The summed E-state index contributed by atoms with van der Waals surface area (Å²) in [7, 11) is 0. The number of aromatic amines is 1. The molecule has 3 aromatic carbocycles. The van der Waals surface area contributed by atoms with Crippen LogP contribution in [0.4, 0.5) is 0 Å². The van der Waals surface area contributed by atoms with Gasteiger partial charge >= 0.3 is 0 Å². The number of imidazole rings is 1. The smallest absolute Gasteiger partial charge is 0.224 e. The number of nitrogens with one attached hydrogen (secondary N) is 1. The van der Waals surface area contributed by atoms with Crippen molar-refractivity contribution in [2.75, 3.05) is 13.1 Å². The molecule has 1 fully saturated rings. The normalized spacial score (nSPS) is 14.9. The van der Waals surface area contributed by atoms with Crippen LogP contribution in [0.2, 0.25) is 0 Å². The van der Waals surface area contributed by atoms with Gasteiger partial charge in [0.25, 0.3) is 0 Å². The van der Waals surface area contributed by atoms with Crippen LogP contribution in [0.15, 0.2) is 66.7 Å². The van der Waals surface area contributed by atoms with E-state index in [4.69, 9.17) is 15.0 Å². The Hall–Kier alpha value is -4.26. The number of hydrogen-bond acceptors (Lipinski definition) is 4. The van der Waals surface area contributed by atoms with Gasteiger partial charge in [-0.2, -0.15) is 0 Å². The number of amides is 1. The number of aromatic nitrogens is 5. The summed E-state index contributed by atoms with van der Waals surface area (Å²) in [4.78, 5) is 33.4. The lowest BCUT2D eigenvalue weighted by Crippen LogP contribution is -2.38. The first kappa shape index (κ1) is 22.0. The zero-order valence-electron chi connectivity index (χ0n) is 20.8. The van der Waals surface area contributed by atoms with Crippen LogP contribution in [0, 0.1) is 6.92 Å². The monoisotopic (exact) mass is 488 g/mol. The van der Waals surface area contributed by atoms with Crippen LogP contribution in [-0.4, -0.2) is 48.4 Å². The molecule has 4 heterocycles. The van der Waals surface area contributed by atoms with Crippen LogP contribution in [0.1, 0.15) is 36.6 Å². The van der Waals surface area contributed by atoms with Gasteiger partial charge in [-0.3, -0.25) is 4.79 Å². The summed E-state index contributed by atoms with van der Waals surface area (Å²) < 4.78 is 2.16. The largest absolute Gasteiger partial charge is 0.343 e. The van der Waals surface area contributed by atoms with Gasteiger partial charge in [0.15, 0.2) is 5.65 Å². The highest BCUT2D eigenvalue weighted by Gasteiger charge is 2.26. The van der Waals surface area contributed by atoms with Crippen molar-refractivity contribution in [2.45, 2.75) is 38.6 Å². The van der Waals surface area contributed by atoms with Crippen molar-refractivity contribution in [3.05, 3.63) is 78.1 Å². The molecule has 0 unspecified atom stereocenters. The second-order valence-electron chi connectivity index (χ2n) is 10.1. The minimum absolute atomic E-state index is 0.193. The number of nitrogens with zero attached hydrogens (tertiary/aromatic N) is 5. The topological polar surface area (TPSA) is 79.7 Å². The summed E-state index contributed by atoms with van der Waals surface area (Å²) in [6.07, 6.45) is 2.30. The summed E-state index contributed by atoms with van der Waals surface area (Å²) in [5, 5.41) is 1.07. The fourth-order valence-electron chi connectivity index (χ4n) is 5.71. The van der Waals surface area contributed by atoms with Crippen LogP contribution in [0.5, 0.6) is 0 Å². The van der Waals surface area contributed by atoms with Crippen LogP contribution in [0.25, 0.3) is 44.1 Å². The van der Waals surface area contributed by atoms with Crippen molar-refractivity contribution in [2.24, 2.45) is 0 Å². The molecule has 0 aliphatic carbocycles. The fraction of sp³-hybridized carbons (Fsp3) is 0.267. The van der Waals surface area contributed by atoms with E-state index < -0.39 is 0 Å². The van der Waals surface area contributed by atoms with Crippen molar-refractivity contribution in [1.29, 1.82) is 0 Å². The molecule has 6 aromatic rings. The third-order valence-electron chi connectivity index (χ3n) is 7.70. The molecular weight excluding hydrogens is 460 g/mol. The highest BCUT2D eigenvalue weighted by molar-refractivity contribution is 6.06. The molecule has 7 nitrogen and oxygen atoms in total. The Bertz CT molecular complexity index is 1790. The molecule has 0 radical (unpaired) electrons. The molecule has 0 atom stereocenters. The number of benzene rings is 3. The third kappa shape index (κ3) is 3.82. The van der Waals surface area contributed by atoms with Gasteiger partial charge in [-0.25, -0.2) is 15.0 Å². The summed E-state index contributed by atoms with van der Waals surface area (Å²) >= 11 is 0. The Balaban J connectivity index is 1.08. The van der Waals surface area contributed by atoms with Gasteiger partial charge in [0.1, 0.15) is 11.3 Å². The standard InChI is InChI=1S/C30H28N6O/c1-19-10-11-24-25(18-19)33-29(32-24)20-12-15-35(16-13-20)27(37)14-17-36-26-9-5-2-6-21(26)28-30(36)34-23-8-4-3-7-22(23)31-28/h2-11,18,20H,12-17H2,1H3,(H,32,33). The van der Waals surface area contributed by atoms with Crippen LogP contribution in [0.3, 0.4) is 0 Å². The molecule has 7 rings (SSSR count). The molecule has 0 bridgehead atoms. The number of carbonyl (C=O) groups is 1. The van der Waals surface area contributed by atoms with Gasteiger partial charge in [-0.05, 0) is 55.7 Å². The lowest BCUT2D eigenvalue weighted by molar-refractivity contribution is -0.132. The SMILES string of the molecule is Cc1ccc2nc(C3CCN(C(=O)CCn4c5ccccc5c5nc6ccccc6nc54)CC3)[nH]c2c1. The lowest BCUT2D eigenvalue weighted by atomic mass is 9.96. The minimum atomic E-state index is 0.193. The number of H-pyrrole nitrogens is 1. The number of aryl methyl sites for hydroxylation is 2. The quantitative estimate of drug-likeness (QED) is 0.344. The molecular formula is C30H28N6O. The van der Waals surface area contributed by atoms with E-state index in [1.165, 1.54) is 5.56 Å². The van der Waals surface area contributed by atoms with Gasteiger partial charge in [-0.1, -0.05) is 36.4 Å². The molecule has 7 heteroatoms. The molecule has 184 valence electrons. The van der Waals surface area contributed by atoms with E-state index in [0.717, 1.165) is 75.9 Å². The van der Waals surface area contributed by atoms with Crippen LogP contribution >= 0.6 is 0 Å². The van der Waals surface area contributed by atoms with Crippen LogP contribution < -0.4 is 0 Å². The van der Waals surface area contributed by atoms with E-state index in [9.17, 15) is 4.79 Å². The zero-order chi connectivity index (χ0) is 24.9. The fourth-order valence-corrected chi connectivity index (χ4v) is 5.71. The summed E-state index contributed by atoms with van der Waals surface area (Å²) in [5.74, 6) is 1.60. The molecule has 0 saturated carbocycles. The zero-order valence-corrected chi connectivity index (χ0v) is 20.8. The number of fused-ring (bicyclic) bond motifs is 5. The molecule has 1 amide bonds. The Morgan fingerprint density at radius 3 is 2.51 bits per heavy atom. The first-order valence-corrected chi connectivity index (χ1v) is 13.0. The van der Waals surface area contributed by atoms with E-state index in [1.54, 1.807) is 0 Å². The average Bonchev–Trinajstić information content (AvgIpc) is 3.49. The second kappa shape index (κ2) is 8.69. The number of rotatable bonds is 4. The average molecular weight is 489 g/mol. The Kier molecular flexibility index (Phi) is 5.16. The molecule has 37 heavy (non-hydrogen) atoms. The number of carbonyl (C=O) groups excluding carboxylic acids is 1. The lowest BCUT2D eigenvalue weighted by Gasteiger charge is -2.31. The van der Waals surface area contributed by atoms with Crippen molar-refractivity contribution in [3.8, 4) is 0 Å². The predicted octanol–water partition coefficient (Wildman–Crippen LogP) is 5.72. The van der Waals surface area contributed by atoms with Crippen LogP contribution in [-0.2, 0) is 11.3 Å². The van der Waals surface area contributed by atoms with E-state index in [2.05, 4.69) is 46.8 Å². The summed E-state index contributed by atoms with van der Waals surface area (Å²) in [6.45, 7) is 4.20. The van der Waals surface area contributed by atoms with E-state index in [1.807, 2.05) is 41.3 Å². The Morgan fingerprint density at radius 1 is 0.919 bits per heavy atom. The van der Waals surface area contributed by atoms with Crippen molar-refractivity contribution >= 4 is 50.0 Å². The maximum Gasteiger partial charge on any atom is 0.224 e. The van der Waals surface area contributed by atoms with Gasteiger partial charge in [-0.15, -0.1) is 0 Å². The molecule has 1 saturated heterocycles. The van der Waals surface area contributed by atoms with Crippen molar-refractivity contribution in [3.63, 3.8) is 0 Å². The number of piperidine rings is 1. The second-order valence-corrected chi connectivity index (χ2v) is 10.1. The van der Waals surface area contributed by atoms with Gasteiger partial charge in [0.2, 0.25) is 5.91 Å². The number of hydrogen-bond donors (Lipinski definition) is 1. The Labute approximate surface area is 214 Å². The van der Waals surface area contributed by atoms with Crippen molar-refractivity contribution in [1.82, 2.24) is 29.4 Å². The number of para-hydroxylation sites is 3. The minimum Gasteiger partial charge on any atom is -0.343 e. The predicted molar refractivity (Wildman–Crippen MR) is 147 cm³/mol. The first-order chi connectivity index (χ1) is 18.1. The summed E-state index contributed by atoms with van der Waals surface area (Å²) in [5.41, 5.74) is 7.89. The number of likely N-dealkylation sites (tertiary alicyclic amines) is 1. The molecule has 3 aromatic heterocycles. The first-order valence-electron chi connectivity index (χ1n) is 13.0. The van der Waals surface area contributed by atoms with E-state index >= 15 is 0 Å². The third-order valence-corrected chi connectivity index (χ3v) is 7.70. The van der Waals surface area contributed by atoms with E-state index in [-0.39, 0.29) is 5.91 Å². The molecule has 1 N–H and O–H groups in total. The highest BCUT2D eigenvalue weighted by atomic mass is 16.2. The maximum absolute atomic E-state index is 13.3. The highest BCUT2D eigenvalue weighted by Crippen LogP contribution is 2.30. The van der Waals surface area contributed by atoms with Crippen molar-refractivity contribution < 1.29 is 4.79 Å². The Morgan fingerprint density at radius 2 is 1.68 bits per heavy atom. The van der Waals surface area contributed by atoms with Gasteiger partial charge < -0.3 is 14.5 Å². The van der Waals surface area contributed by atoms with Gasteiger partial charge in [0.05, 0.1) is 27.6 Å². The molecule has 1 aliphatic rings. The molecule has 0 spiro atoms. The van der Waals surface area contributed by atoms with Gasteiger partial charge in [0, 0.05) is 37.4 Å². The van der Waals surface area contributed by atoms with E-state index in [0.29, 0.717) is 18.9 Å².